The van der Waals surface area contributed by atoms with Crippen LogP contribution < -0.4 is 0 Å². The molecule has 0 aromatic rings. The van der Waals surface area contributed by atoms with Gasteiger partial charge < -0.3 is 0 Å². The molecule has 0 aliphatic heterocycles. The zero-order valence-electron chi connectivity index (χ0n) is 1.86. The monoisotopic (exact) mass is 272 g/mol. The predicted octanol–water partition coefficient (Wildman–Crippen LogP) is -0.0125. The molecule has 0 aromatic carbocycles. The summed E-state index contributed by atoms with van der Waals surface area (Å²) in [4.78, 5) is 0. The van der Waals surface area contributed by atoms with E-state index in [1.807, 2.05) is 0 Å². The molecule has 38 valence electrons. The second kappa shape index (κ2) is 30.7. The molecule has 0 amide bonds. The zero-order valence-corrected chi connectivity index (χ0v) is 7.66. The largest absolute Gasteiger partial charge is 0 e. The van der Waals surface area contributed by atoms with Crippen LogP contribution in [0.1, 0.15) is 0 Å². The van der Waals surface area contributed by atoms with Crippen LogP contribution in [-0.2, 0) is 85.1 Å². The first-order valence-corrected chi connectivity index (χ1v) is 0. The van der Waals surface area contributed by atoms with Gasteiger partial charge in [0.25, 0.3) is 0 Å². The van der Waals surface area contributed by atoms with E-state index in [2.05, 4.69) is 0 Å². The van der Waals surface area contributed by atoms with Crippen molar-refractivity contribution in [3.63, 3.8) is 0 Å². The third-order valence-corrected chi connectivity index (χ3v) is 0. The first-order valence-electron chi connectivity index (χ1n) is 0. The van der Waals surface area contributed by atoms with E-state index in [0.29, 0.717) is 0 Å². The summed E-state index contributed by atoms with van der Waals surface area (Å²) in [5.74, 6) is 0. The van der Waals surface area contributed by atoms with Crippen LogP contribution in [0.15, 0.2) is 0 Å². The van der Waals surface area contributed by atoms with Gasteiger partial charge in [0.05, 0.1) is 0 Å². The Bertz CT molecular complexity index is 4.85. The summed E-state index contributed by atoms with van der Waals surface area (Å²) >= 11 is 0. The predicted molar refractivity (Wildman–Crippen MR) is 0 cm³/mol. The molecule has 5 heteroatoms. The van der Waals surface area contributed by atoms with Crippen molar-refractivity contribution in [3.05, 3.63) is 0 Å². The normalized spacial score (nSPS) is 0. The van der Waals surface area contributed by atoms with Gasteiger partial charge in [-0.2, -0.15) is 0 Å². The maximum absolute atomic E-state index is 0. The van der Waals surface area contributed by atoms with E-state index in [1.54, 1.807) is 0 Å². The Morgan fingerprint density at radius 2 is 0.400 bits per heavy atom. The Hall–Kier alpha value is 2.58. The molecule has 0 unspecified atom stereocenters. The summed E-state index contributed by atoms with van der Waals surface area (Å²) in [6.45, 7) is 0. The summed E-state index contributed by atoms with van der Waals surface area (Å²) in [5, 5.41) is 0. The minimum Gasteiger partial charge on any atom is 0 e. The van der Waals surface area contributed by atoms with Gasteiger partial charge in [-0.15, -0.1) is 0 Å². The minimum atomic E-state index is 0. The van der Waals surface area contributed by atoms with Crippen LogP contribution in [0.3, 0.4) is 0 Å². The van der Waals surface area contributed by atoms with E-state index in [-0.39, 0.29) is 85.1 Å². The smallest absolute Gasteiger partial charge is 0 e. The Labute approximate surface area is 84.1 Å². The SMILES string of the molecule is [Cr].[Cr].[Cr].[Ni].[Ni]. The Balaban J connectivity index is 0. The molecule has 0 aliphatic rings. The van der Waals surface area contributed by atoms with Gasteiger partial charge in [0.15, 0.2) is 0 Å². The molecular weight excluding hydrogens is 273 g/mol. The van der Waals surface area contributed by atoms with Gasteiger partial charge in [0.2, 0.25) is 0 Å². The average Bonchev–Trinajstić information content (AvgIpc) is 0. The fourth-order valence-corrected chi connectivity index (χ4v) is 0. The second-order valence-corrected chi connectivity index (χ2v) is 0. The standard InChI is InChI=1S/3Cr.2Ni. The van der Waals surface area contributed by atoms with Gasteiger partial charge in [-0.1, -0.05) is 0 Å². The molecular formula is Cr3Ni2. The van der Waals surface area contributed by atoms with Crippen LogP contribution in [0.2, 0.25) is 0 Å². The number of hydrogen-bond donors (Lipinski definition) is 0. The van der Waals surface area contributed by atoms with Crippen molar-refractivity contribution in [1.29, 1.82) is 0 Å². The summed E-state index contributed by atoms with van der Waals surface area (Å²) in [5.41, 5.74) is 0. The van der Waals surface area contributed by atoms with Crippen LogP contribution >= 0.6 is 0 Å². The molecule has 0 N–H and O–H groups in total. The van der Waals surface area contributed by atoms with Crippen molar-refractivity contribution in [1.82, 2.24) is 0 Å². The molecule has 0 aliphatic carbocycles. The topological polar surface area (TPSA) is 0 Å². The third-order valence-electron chi connectivity index (χ3n) is 0. The van der Waals surface area contributed by atoms with E-state index in [1.165, 1.54) is 0 Å². The van der Waals surface area contributed by atoms with Crippen molar-refractivity contribution in [2.75, 3.05) is 0 Å². The molecule has 0 saturated carbocycles. The van der Waals surface area contributed by atoms with Gasteiger partial charge in [-0.05, 0) is 0 Å². The van der Waals surface area contributed by atoms with Gasteiger partial charge in [0, 0.05) is 85.1 Å². The summed E-state index contributed by atoms with van der Waals surface area (Å²) in [6.07, 6.45) is 0. The third kappa shape index (κ3) is 20.7. The van der Waals surface area contributed by atoms with E-state index < -0.39 is 0 Å². The minimum absolute atomic E-state index is 0. The molecule has 0 radical (unpaired) electrons. The van der Waals surface area contributed by atoms with Crippen molar-refractivity contribution in [2.24, 2.45) is 0 Å². The molecule has 0 bridgehead atoms. The maximum Gasteiger partial charge on any atom is 0 e. The van der Waals surface area contributed by atoms with Crippen molar-refractivity contribution in [2.45, 2.75) is 0 Å². The fraction of sp³-hybridized carbons (Fsp3) is 0. The zero-order chi connectivity index (χ0) is 0. The second-order valence-electron chi connectivity index (χ2n) is 0. The summed E-state index contributed by atoms with van der Waals surface area (Å²) in [7, 11) is 0. The van der Waals surface area contributed by atoms with Crippen molar-refractivity contribution >= 4 is 0 Å². The van der Waals surface area contributed by atoms with Crippen LogP contribution in [0.25, 0.3) is 0 Å². The van der Waals surface area contributed by atoms with Gasteiger partial charge in [0.1, 0.15) is 0 Å². The van der Waals surface area contributed by atoms with E-state index in [4.69, 9.17) is 0 Å². The quantitative estimate of drug-likeness (QED) is 0.545. The summed E-state index contributed by atoms with van der Waals surface area (Å²) < 4.78 is 0. The van der Waals surface area contributed by atoms with Crippen molar-refractivity contribution in [3.8, 4) is 0 Å². The molecule has 0 saturated heterocycles. The van der Waals surface area contributed by atoms with Gasteiger partial charge in [-0.3, -0.25) is 0 Å². The molecule has 0 heterocycles. The number of rotatable bonds is 0. The van der Waals surface area contributed by atoms with Gasteiger partial charge in [-0.25, -0.2) is 0 Å². The molecule has 0 spiro atoms. The van der Waals surface area contributed by atoms with Crippen LogP contribution in [0, 0.1) is 0 Å². The Morgan fingerprint density at radius 1 is 0.400 bits per heavy atom. The van der Waals surface area contributed by atoms with Crippen molar-refractivity contribution < 1.29 is 85.1 Å². The average molecular weight is 273 g/mol. The van der Waals surface area contributed by atoms with Crippen LogP contribution in [0.5, 0.6) is 0 Å². The fourth-order valence-electron chi connectivity index (χ4n) is 0. The van der Waals surface area contributed by atoms with Crippen LogP contribution in [-0.4, -0.2) is 0 Å². The maximum atomic E-state index is 0. The molecule has 0 fully saturated rings. The molecule has 0 aromatic heterocycles. The summed E-state index contributed by atoms with van der Waals surface area (Å²) in [6, 6.07) is 0. The molecule has 0 atom stereocenters. The first-order chi connectivity index (χ1) is 0. The van der Waals surface area contributed by atoms with E-state index >= 15 is 0 Å². The Kier molecular flexibility index (Phi) is 303. The molecule has 0 rings (SSSR count). The van der Waals surface area contributed by atoms with E-state index in [9.17, 15) is 0 Å². The molecule has 5 heavy (non-hydrogen) atoms. The van der Waals surface area contributed by atoms with Crippen LogP contribution in [0.4, 0.5) is 0 Å². The number of hydrogen-bond acceptors (Lipinski definition) is 0. The molecule has 0 nitrogen and oxygen atoms in total. The van der Waals surface area contributed by atoms with E-state index in [0.717, 1.165) is 0 Å². The first kappa shape index (κ1) is 49.2. The Morgan fingerprint density at radius 3 is 0.400 bits per heavy atom. The van der Waals surface area contributed by atoms with Gasteiger partial charge >= 0.3 is 0 Å².